The van der Waals surface area contributed by atoms with Crippen molar-refractivity contribution in [2.24, 2.45) is 5.92 Å². The molecule has 2 aliphatic rings. The molecule has 0 bridgehead atoms. The van der Waals surface area contributed by atoms with Crippen molar-refractivity contribution in [3.05, 3.63) is 34.6 Å². The first-order chi connectivity index (χ1) is 9.69. The van der Waals surface area contributed by atoms with Crippen molar-refractivity contribution in [1.82, 2.24) is 4.90 Å². The van der Waals surface area contributed by atoms with E-state index in [9.17, 15) is 9.50 Å². The summed E-state index contributed by atoms with van der Waals surface area (Å²) in [5.74, 6) is -0.0243. The second-order valence-corrected chi connectivity index (χ2v) is 6.09. The highest BCUT2D eigenvalue weighted by Crippen LogP contribution is 2.35. The summed E-state index contributed by atoms with van der Waals surface area (Å²) in [6.07, 6.45) is 1.99. The van der Waals surface area contributed by atoms with E-state index in [1.54, 1.807) is 18.2 Å². The highest BCUT2D eigenvalue weighted by Gasteiger charge is 2.40. The molecule has 0 aromatic heterocycles. The number of hydrogen-bond donors (Lipinski definition) is 1. The normalized spacial score (nSPS) is 30.4. The van der Waals surface area contributed by atoms with Crippen LogP contribution in [-0.2, 0) is 11.3 Å². The molecule has 1 aromatic carbocycles. The van der Waals surface area contributed by atoms with E-state index in [4.69, 9.17) is 16.3 Å². The number of benzene rings is 1. The van der Waals surface area contributed by atoms with Crippen molar-refractivity contribution < 1.29 is 14.2 Å². The molecule has 0 radical (unpaired) electrons. The summed E-state index contributed by atoms with van der Waals surface area (Å²) in [4.78, 5) is 2.26. The SMILES string of the molecule is OC[C@H]1C[C@@H]2OCCN(Cc3cccc(Cl)c3F)[C@H]2C1. The summed E-state index contributed by atoms with van der Waals surface area (Å²) in [6.45, 7) is 2.22. The molecule has 1 aliphatic heterocycles. The van der Waals surface area contributed by atoms with Gasteiger partial charge in [-0.25, -0.2) is 4.39 Å². The van der Waals surface area contributed by atoms with Crippen molar-refractivity contribution in [3.8, 4) is 0 Å². The molecule has 1 saturated carbocycles. The molecule has 110 valence electrons. The zero-order valence-electron chi connectivity index (χ0n) is 11.3. The second-order valence-electron chi connectivity index (χ2n) is 5.68. The van der Waals surface area contributed by atoms with Gasteiger partial charge >= 0.3 is 0 Å². The number of fused-ring (bicyclic) bond motifs is 1. The Morgan fingerprint density at radius 3 is 3.05 bits per heavy atom. The smallest absolute Gasteiger partial charge is 0.146 e. The van der Waals surface area contributed by atoms with E-state index in [-0.39, 0.29) is 29.6 Å². The number of aliphatic hydroxyl groups excluding tert-OH is 1. The number of nitrogens with zero attached hydrogens (tertiary/aromatic N) is 1. The molecule has 1 N–H and O–H groups in total. The Balaban J connectivity index is 1.75. The van der Waals surface area contributed by atoms with Gasteiger partial charge in [-0.1, -0.05) is 23.7 Å². The molecular formula is C15H19ClFNO2. The predicted molar refractivity (Wildman–Crippen MR) is 75.2 cm³/mol. The first-order valence-electron chi connectivity index (χ1n) is 7.08. The van der Waals surface area contributed by atoms with Gasteiger partial charge in [-0.2, -0.15) is 0 Å². The summed E-state index contributed by atoms with van der Waals surface area (Å²) in [7, 11) is 0. The fraction of sp³-hybridized carbons (Fsp3) is 0.600. The highest BCUT2D eigenvalue weighted by molar-refractivity contribution is 6.30. The van der Waals surface area contributed by atoms with Gasteiger partial charge in [0.25, 0.3) is 0 Å². The number of morpholine rings is 1. The van der Waals surface area contributed by atoms with Crippen LogP contribution >= 0.6 is 11.6 Å². The highest BCUT2D eigenvalue weighted by atomic mass is 35.5. The standard InChI is InChI=1S/C15H19ClFNO2/c16-12-3-1-2-11(15(12)17)8-18-4-5-20-14-7-10(9-19)6-13(14)18/h1-3,10,13-14,19H,4-9H2/t10-,13+,14+/m1/s1. The second kappa shape index (κ2) is 5.98. The van der Waals surface area contributed by atoms with Gasteiger partial charge < -0.3 is 9.84 Å². The molecule has 1 aromatic rings. The summed E-state index contributed by atoms with van der Waals surface area (Å²) in [6, 6.07) is 5.41. The molecular weight excluding hydrogens is 281 g/mol. The summed E-state index contributed by atoms with van der Waals surface area (Å²) >= 11 is 5.84. The van der Waals surface area contributed by atoms with Gasteiger partial charge in [-0.3, -0.25) is 4.90 Å². The maximum Gasteiger partial charge on any atom is 0.146 e. The zero-order valence-corrected chi connectivity index (χ0v) is 12.0. The fourth-order valence-corrected chi connectivity index (χ4v) is 3.55. The molecule has 5 heteroatoms. The van der Waals surface area contributed by atoms with Gasteiger partial charge in [0.1, 0.15) is 5.82 Å². The van der Waals surface area contributed by atoms with E-state index >= 15 is 0 Å². The Labute approximate surface area is 123 Å². The average Bonchev–Trinajstić information content (AvgIpc) is 2.88. The van der Waals surface area contributed by atoms with Crippen molar-refractivity contribution in [2.45, 2.75) is 31.5 Å². The molecule has 0 amide bonds. The third kappa shape index (κ3) is 2.70. The van der Waals surface area contributed by atoms with E-state index in [1.165, 1.54) is 0 Å². The third-order valence-electron chi connectivity index (χ3n) is 4.41. The lowest BCUT2D eigenvalue weighted by atomic mass is 10.1. The van der Waals surface area contributed by atoms with Crippen LogP contribution in [0, 0.1) is 11.7 Å². The predicted octanol–water partition coefficient (Wildman–Crippen LogP) is 2.45. The minimum absolute atomic E-state index is 0.170. The van der Waals surface area contributed by atoms with Crippen LogP contribution < -0.4 is 0 Å². The topological polar surface area (TPSA) is 32.7 Å². The third-order valence-corrected chi connectivity index (χ3v) is 4.70. The Hall–Kier alpha value is -0.680. The van der Waals surface area contributed by atoms with Crippen molar-refractivity contribution in [2.75, 3.05) is 19.8 Å². The number of rotatable bonds is 3. The minimum atomic E-state index is -0.325. The van der Waals surface area contributed by atoms with E-state index in [0.717, 1.165) is 19.4 Å². The molecule has 3 nitrogen and oxygen atoms in total. The van der Waals surface area contributed by atoms with E-state index < -0.39 is 0 Å². The lowest BCUT2D eigenvalue weighted by Crippen LogP contribution is -2.48. The van der Waals surface area contributed by atoms with Crippen LogP contribution in [-0.4, -0.2) is 41.9 Å². The van der Waals surface area contributed by atoms with Crippen molar-refractivity contribution in [3.63, 3.8) is 0 Å². The number of hydrogen-bond acceptors (Lipinski definition) is 3. The quantitative estimate of drug-likeness (QED) is 0.930. The van der Waals surface area contributed by atoms with E-state index in [1.807, 2.05) is 0 Å². The van der Waals surface area contributed by atoms with Crippen LogP contribution in [0.15, 0.2) is 18.2 Å². The minimum Gasteiger partial charge on any atom is -0.396 e. The molecule has 0 spiro atoms. The first kappa shape index (κ1) is 14.3. The lowest BCUT2D eigenvalue weighted by Gasteiger charge is -2.37. The fourth-order valence-electron chi connectivity index (χ4n) is 3.36. The monoisotopic (exact) mass is 299 g/mol. The first-order valence-corrected chi connectivity index (χ1v) is 7.46. The van der Waals surface area contributed by atoms with Gasteiger partial charge in [-0.05, 0) is 24.8 Å². The maximum absolute atomic E-state index is 14.0. The van der Waals surface area contributed by atoms with Gasteiger partial charge in [0.15, 0.2) is 0 Å². The van der Waals surface area contributed by atoms with Crippen LogP contribution in [0.25, 0.3) is 0 Å². The van der Waals surface area contributed by atoms with Crippen LogP contribution in [0.1, 0.15) is 18.4 Å². The lowest BCUT2D eigenvalue weighted by molar-refractivity contribution is -0.0593. The molecule has 2 fully saturated rings. The number of ether oxygens (including phenoxy) is 1. The van der Waals surface area contributed by atoms with Gasteiger partial charge in [-0.15, -0.1) is 0 Å². The Morgan fingerprint density at radius 1 is 1.40 bits per heavy atom. The van der Waals surface area contributed by atoms with Gasteiger partial charge in [0.05, 0.1) is 17.7 Å². The van der Waals surface area contributed by atoms with Crippen LogP contribution in [0.5, 0.6) is 0 Å². The molecule has 20 heavy (non-hydrogen) atoms. The van der Waals surface area contributed by atoms with E-state index in [0.29, 0.717) is 24.6 Å². The van der Waals surface area contributed by atoms with Crippen LogP contribution in [0.2, 0.25) is 5.02 Å². The molecule has 1 aliphatic carbocycles. The molecule has 3 rings (SSSR count). The van der Waals surface area contributed by atoms with Crippen LogP contribution in [0.4, 0.5) is 4.39 Å². The van der Waals surface area contributed by atoms with Crippen LogP contribution in [0.3, 0.4) is 0 Å². The van der Waals surface area contributed by atoms with Gasteiger partial charge in [0.2, 0.25) is 0 Å². The van der Waals surface area contributed by atoms with Gasteiger partial charge in [0, 0.05) is 31.3 Å². The largest absolute Gasteiger partial charge is 0.396 e. The molecule has 1 heterocycles. The summed E-state index contributed by atoms with van der Waals surface area (Å²) < 4.78 is 19.8. The Morgan fingerprint density at radius 2 is 2.25 bits per heavy atom. The number of halogens is 2. The molecule has 1 saturated heterocycles. The maximum atomic E-state index is 14.0. The van der Waals surface area contributed by atoms with Crippen molar-refractivity contribution in [1.29, 1.82) is 0 Å². The average molecular weight is 300 g/mol. The Bertz CT molecular complexity index is 485. The zero-order chi connectivity index (χ0) is 14.1. The number of aliphatic hydroxyl groups is 1. The molecule has 0 unspecified atom stereocenters. The Kier molecular flexibility index (Phi) is 4.26. The summed E-state index contributed by atoms with van der Waals surface area (Å²) in [5, 5.41) is 9.49. The van der Waals surface area contributed by atoms with Crippen molar-refractivity contribution >= 4 is 11.6 Å². The molecule has 3 atom stereocenters. The van der Waals surface area contributed by atoms with E-state index in [2.05, 4.69) is 4.90 Å². The summed E-state index contributed by atoms with van der Waals surface area (Å²) in [5.41, 5.74) is 0.630.